The number of hydrogen-bond donors (Lipinski definition) is 1. The van der Waals surface area contributed by atoms with E-state index in [1.807, 2.05) is 0 Å². The van der Waals surface area contributed by atoms with Crippen molar-refractivity contribution in [3.05, 3.63) is 24.0 Å². The van der Waals surface area contributed by atoms with Crippen molar-refractivity contribution in [1.82, 2.24) is 0 Å². The number of fused-ring (bicyclic) bond motifs is 1. The number of carbonyl (C=O) groups is 1. The van der Waals surface area contributed by atoms with Crippen molar-refractivity contribution in [2.24, 2.45) is 0 Å². The molecule has 0 aliphatic heterocycles. The minimum atomic E-state index is -0.629. The van der Waals surface area contributed by atoms with Gasteiger partial charge in [-0.05, 0) is 18.2 Å². The summed E-state index contributed by atoms with van der Waals surface area (Å²) in [6.45, 7) is 0. The molecule has 0 aliphatic rings. The van der Waals surface area contributed by atoms with E-state index in [1.54, 1.807) is 18.2 Å². The van der Waals surface area contributed by atoms with E-state index in [9.17, 15) is 9.90 Å². The second kappa shape index (κ2) is 3.77. The van der Waals surface area contributed by atoms with Crippen molar-refractivity contribution in [2.75, 3.05) is 14.2 Å². The molecule has 1 N–H and O–H groups in total. The summed E-state index contributed by atoms with van der Waals surface area (Å²) in [4.78, 5) is 11.3. The standard InChI is InChI=1S/C11H10O5/c1-14-6-3-4-7-8(5-6)10(12)16-9(7)11(13)15-2/h3-5,12H,1-2H3. The van der Waals surface area contributed by atoms with Crippen LogP contribution in [0.4, 0.5) is 0 Å². The Kier molecular flexibility index (Phi) is 2.44. The number of rotatable bonds is 2. The summed E-state index contributed by atoms with van der Waals surface area (Å²) in [7, 11) is 2.76. The van der Waals surface area contributed by atoms with Crippen LogP contribution in [0.2, 0.25) is 0 Å². The van der Waals surface area contributed by atoms with E-state index >= 15 is 0 Å². The lowest BCUT2D eigenvalue weighted by atomic mass is 10.1. The molecule has 1 aromatic carbocycles. The summed E-state index contributed by atoms with van der Waals surface area (Å²) >= 11 is 0. The van der Waals surface area contributed by atoms with Gasteiger partial charge in [0.25, 0.3) is 5.95 Å². The minimum Gasteiger partial charge on any atom is -0.497 e. The maximum atomic E-state index is 11.3. The van der Waals surface area contributed by atoms with Crippen LogP contribution in [0, 0.1) is 0 Å². The molecule has 1 aromatic heterocycles. The Labute approximate surface area is 91.2 Å². The van der Waals surface area contributed by atoms with Crippen LogP contribution < -0.4 is 4.74 Å². The third-order valence-electron chi connectivity index (χ3n) is 2.27. The Morgan fingerprint density at radius 2 is 2.06 bits per heavy atom. The SMILES string of the molecule is COC(=O)c1oc(O)c2cc(OC)ccc12. The number of hydrogen-bond acceptors (Lipinski definition) is 5. The molecule has 0 fully saturated rings. The third kappa shape index (κ3) is 1.46. The van der Waals surface area contributed by atoms with Gasteiger partial charge in [0.15, 0.2) is 0 Å². The number of esters is 1. The molecule has 0 atom stereocenters. The van der Waals surface area contributed by atoms with Crippen molar-refractivity contribution in [1.29, 1.82) is 0 Å². The van der Waals surface area contributed by atoms with Gasteiger partial charge in [0, 0.05) is 5.39 Å². The number of aromatic hydroxyl groups is 1. The van der Waals surface area contributed by atoms with Crippen LogP contribution in [-0.4, -0.2) is 25.3 Å². The van der Waals surface area contributed by atoms with Crippen LogP contribution in [0.3, 0.4) is 0 Å². The van der Waals surface area contributed by atoms with E-state index in [-0.39, 0.29) is 11.7 Å². The molecule has 2 aromatic rings. The Balaban J connectivity index is 2.67. The normalized spacial score (nSPS) is 10.4. The van der Waals surface area contributed by atoms with Crippen molar-refractivity contribution in [2.45, 2.75) is 0 Å². The molecule has 0 spiro atoms. The van der Waals surface area contributed by atoms with E-state index in [4.69, 9.17) is 9.15 Å². The highest BCUT2D eigenvalue weighted by atomic mass is 16.5. The van der Waals surface area contributed by atoms with E-state index in [0.29, 0.717) is 16.5 Å². The van der Waals surface area contributed by atoms with Gasteiger partial charge in [-0.2, -0.15) is 0 Å². The molecule has 16 heavy (non-hydrogen) atoms. The predicted octanol–water partition coefficient (Wildman–Crippen LogP) is 1.93. The lowest BCUT2D eigenvalue weighted by Gasteiger charge is -1.98. The summed E-state index contributed by atoms with van der Waals surface area (Å²) in [5.74, 6) is -0.401. The summed E-state index contributed by atoms with van der Waals surface area (Å²) in [6.07, 6.45) is 0. The molecular formula is C11H10O5. The average Bonchev–Trinajstić information content (AvgIpc) is 2.65. The van der Waals surface area contributed by atoms with Crippen molar-refractivity contribution in [3.63, 3.8) is 0 Å². The Bertz CT molecular complexity index is 541. The van der Waals surface area contributed by atoms with E-state index in [0.717, 1.165) is 0 Å². The molecule has 0 unspecified atom stereocenters. The largest absolute Gasteiger partial charge is 0.497 e. The van der Waals surface area contributed by atoms with Crippen LogP contribution in [0.1, 0.15) is 10.6 Å². The molecular weight excluding hydrogens is 212 g/mol. The van der Waals surface area contributed by atoms with Gasteiger partial charge in [-0.25, -0.2) is 4.79 Å². The van der Waals surface area contributed by atoms with Crippen LogP contribution >= 0.6 is 0 Å². The first kappa shape index (κ1) is 10.4. The molecule has 0 saturated carbocycles. The molecule has 1 heterocycles. The van der Waals surface area contributed by atoms with Gasteiger partial charge in [-0.1, -0.05) is 0 Å². The molecule has 5 nitrogen and oxygen atoms in total. The van der Waals surface area contributed by atoms with Gasteiger partial charge in [0.1, 0.15) is 5.75 Å². The number of carbonyl (C=O) groups excluding carboxylic acids is 1. The minimum absolute atomic E-state index is 0.0161. The maximum Gasteiger partial charge on any atom is 0.374 e. The van der Waals surface area contributed by atoms with Gasteiger partial charge < -0.3 is 19.0 Å². The molecule has 5 heteroatoms. The zero-order chi connectivity index (χ0) is 11.7. The summed E-state index contributed by atoms with van der Waals surface area (Å²) in [5.41, 5.74) is 0. The third-order valence-corrected chi connectivity index (χ3v) is 2.27. The van der Waals surface area contributed by atoms with E-state index in [1.165, 1.54) is 14.2 Å². The fourth-order valence-electron chi connectivity index (χ4n) is 1.48. The molecule has 2 rings (SSSR count). The average molecular weight is 222 g/mol. The zero-order valence-electron chi connectivity index (χ0n) is 8.81. The first-order chi connectivity index (χ1) is 7.67. The van der Waals surface area contributed by atoms with Crippen LogP contribution in [0.15, 0.2) is 22.6 Å². The van der Waals surface area contributed by atoms with Gasteiger partial charge in [-0.3, -0.25) is 0 Å². The zero-order valence-corrected chi connectivity index (χ0v) is 8.81. The molecule has 0 bridgehead atoms. The highest BCUT2D eigenvalue weighted by Crippen LogP contribution is 2.34. The highest BCUT2D eigenvalue weighted by Gasteiger charge is 2.19. The Hall–Kier alpha value is -2.17. The van der Waals surface area contributed by atoms with Crippen molar-refractivity contribution < 1.29 is 23.8 Å². The Morgan fingerprint density at radius 3 is 2.69 bits per heavy atom. The van der Waals surface area contributed by atoms with Gasteiger partial charge in [0.05, 0.1) is 19.6 Å². The van der Waals surface area contributed by atoms with Crippen molar-refractivity contribution in [3.8, 4) is 11.7 Å². The lowest BCUT2D eigenvalue weighted by molar-refractivity contribution is 0.0562. The number of ether oxygens (including phenoxy) is 2. The van der Waals surface area contributed by atoms with Gasteiger partial charge in [0.2, 0.25) is 5.76 Å². The fourth-order valence-corrected chi connectivity index (χ4v) is 1.48. The first-order valence-corrected chi connectivity index (χ1v) is 4.55. The lowest BCUT2D eigenvalue weighted by Crippen LogP contribution is -1.99. The Morgan fingerprint density at radius 1 is 1.31 bits per heavy atom. The van der Waals surface area contributed by atoms with E-state index in [2.05, 4.69) is 4.74 Å². The summed E-state index contributed by atoms with van der Waals surface area (Å²) < 4.78 is 14.5. The predicted molar refractivity (Wildman–Crippen MR) is 55.8 cm³/mol. The molecule has 0 saturated heterocycles. The van der Waals surface area contributed by atoms with E-state index < -0.39 is 5.97 Å². The smallest absolute Gasteiger partial charge is 0.374 e. The molecule has 84 valence electrons. The quantitative estimate of drug-likeness (QED) is 0.786. The highest BCUT2D eigenvalue weighted by molar-refractivity contribution is 6.04. The van der Waals surface area contributed by atoms with Crippen LogP contribution in [0.5, 0.6) is 11.7 Å². The topological polar surface area (TPSA) is 68.9 Å². The molecule has 0 amide bonds. The number of furan rings is 1. The summed E-state index contributed by atoms with van der Waals surface area (Å²) in [6, 6.07) is 4.88. The molecule has 0 radical (unpaired) electrons. The van der Waals surface area contributed by atoms with Crippen LogP contribution in [0.25, 0.3) is 10.8 Å². The first-order valence-electron chi connectivity index (χ1n) is 4.55. The van der Waals surface area contributed by atoms with Crippen molar-refractivity contribution >= 4 is 16.7 Å². The summed E-state index contributed by atoms with van der Waals surface area (Å²) in [5, 5.41) is 10.4. The fraction of sp³-hybridized carbons (Fsp3) is 0.182. The van der Waals surface area contributed by atoms with Gasteiger partial charge >= 0.3 is 5.97 Å². The molecule has 0 aliphatic carbocycles. The monoisotopic (exact) mass is 222 g/mol. The maximum absolute atomic E-state index is 11.3. The second-order valence-electron chi connectivity index (χ2n) is 3.14. The number of methoxy groups -OCH3 is 2. The van der Waals surface area contributed by atoms with Crippen LogP contribution in [-0.2, 0) is 4.74 Å². The second-order valence-corrected chi connectivity index (χ2v) is 3.14. The number of benzene rings is 1. The van der Waals surface area contributed by atoms with Gasteiger partial charge in [-0.15, -0.1) is 0 Å².